The Kier molecular flexibility index (Phi) is 5.58. The van der Waals surface area contributed by atoms with Crippen LogP contribution in [0.5, 0.6) is 0 Å². The molecule has 4 aromatic rings. The van der Waals surface area contributed by atoms with Crippen molar-refractivity contribution in [2.24, 2.45) is 0 Å². The smallest absolute Gasteiger partial charge is 0.270 e. The van der Waals surface area contributed by atoms with Crippen LogP contribution in [0, 0.1) is 0 Å². The molecule has 4 nitrogen and oxygen atoms in total. The van der Waals surface area contributed by atoms with Crippen LogP contribution in [0.3, 0.4) is 0 Å². The molecule has 0 saturated carbocycles. The summed E-state index contributed by atoms with van der Waals surface area (Å²) in [5.74, 6) is 0. The van der Waals surface area contributed by atoms with Crippen LogP contribution in [0.1, 0.15) is 42.5 Å². The Morgan fingerprint density at radius 2 is 1.06 bits per heavy atom. The van der Waals surface area contributed by atoms with E-state index in [2.05, 4.69) is 113 Å². The van der Waals surface area contributed by atoms with Gasteiger partial charge in [-0.2, -0.15) is 0 Å². The summed E-state index contributed by atoms with van der Waals surface area (Å²) in [5.41, 5.74) is 2.45. The molecule has 2 fully saturated rings. The fourth-order valence-electron chi connectivity index (χ4n) is 6.07. The number of nitrogens with zero attached hydrogens (tertiary/aromatic N) is 3. The molecule has 0 amide bonds. The number of hydrogen-bond donors (Lipinski definition) is 0. The molecule has 0 aliphatic carbocycles. The van der Waals surface area contributed by atoms with Gasteiger partial charge in [0.1, 0.15) is 0 Å². The van der Waals surface area contributed by atoms with E-state index in [9.17, 15) is 4.57 Å². The third-order valence-electron chi connectivity index (χ3n) is 7.86. The molecule has 2 aliphatic rings. The van der Waals surface area contributed by atoms with Gasteiger partial charge in [-0.05, 0) is 71.7 Å². The van der Waals surface area contributed by atoms with Crippen molar-refractivity contribution < 1.29 is 4.57 Å². The van der Waals surface area contributed by atoms with Gasteiger partial charge in [-0.15, -0.1) is 0 Å². The first-order valence-corrected chi connectivity index (χ1v) is 13.9. The van der Waals surface area contributed by atoms with Crippen molar-refractivity contribution >= 4 is 29.1 Å². The van der Waals surface area contributed by atoms with Crippen LogP contribution in [0.25, 0.3) is 21.5 Å². The highest BCUT2D eigenvalue weighted by Gasteiger charge is 2.55. The third kappa shape index (κ3) is 3.44. The van der Waals surface area contributed by atoms with E-state index in [-0.39, 0.29) is 12.1 Å². The first-order chi connectivity index (χ1) is 16.6. The summed E-state index contributed by atoms with van der Waals surface area (Å²) in [4.78, 5) is 0. The van der Waals surface area contributed by atoms with Crippen LogP contribution < -0.4 is 0 Å². The van der Waals surface area contributed by atoms with Crippen molar-refractivity contribution in [3.63, 3.8) is 0 Å². The maximum absolute atomic E-state index is 14.9. The molecule has 2 saturated heterocycles. The highest BCUT2D eigenvalue weighted by molar-refractivity contribution is 7.56. The second-order valence-electron chi connectivity index (χ2n) is 9.78. The summed E-state index contributed by atoms with van der Waals surface area (Å²) in [6.45, 7) is 1.81. The Morgan fingerprint density at radius 1 is 0.618 bits per heavy atom. The van der Waals surface area contributed by atoms with Crippen LogP contribution in [-0.4, -0.2) is 41.2 Å². The molecule has 34 heavy (non-hydrogen) atoms. The maximum Gasteiger partial charge on any atom is 0.287 e. The van der Waals surface area contributed by atoms with Gasteiger partial charge in [-0.1, -0.05) is 79.2 Å². The third-order valence-corrected chi connectivity index (χ3v) is 11.1. The van der Waals surface area contributed by atoms with Gasteiger partial charge in [-0.25, -0.2) is 14.0 Å². The van der Waals surface area contributed by atoms with Gasteiger partial charge in [-0.3, -0.25) is 4.57 Å². The van der Waals surface area contributed by atoms with Gasteiger partial charge in [0, 0.05) is 13.1 Å². The Bertz CT molecular complexity index is 1300. The summed E-state index contributed by atoms with van der Waals surface area (Å²) in [7, 11) is 1.26. The molecular formula is C29H32N3OP. The molecular weight excluding hydrogens is 437 g/mol. The molecule has 0 radical (unpaired) electrons. The summed E-state index contributed by atoms with van der Waals surface area (Å²) >= 11 is 0. The van der Waals surface area contributed by atoms with E-state index in [1.54, 1.807) is 0 Å². The predicted molar refractivity (Wildman–Crippen MR) is 142 cm³/mol. The zero-order chi connectivity index (χ0) is 23.3. The normalized spacial score (nSPS) is 24.2. The zero-order valence-electron chi connectivity index (χ0n) is 20.0. The molecule has 2 heterocycles. The lowest BCUT2D eigenvalue weighted by Crippen LogP contribution is -2.35. The number of fused-ring (bicyclic) bond motifs is 2. The van der Waals surface area contributed by atoms with E-state index in [4.69, 9.17) is 0 Å². The fraction of sp³-hybridized carbons (Fsp3) is 0.310. The minimum absolute atomic E-state index is 0.00327. The van der Waals surface area contributed by atoms with Crippen LogP contribution in [-0.2, 0) is 4.57 Å². The Morgan fingerprint density at radius 3 is 1.53 bits per heavy atom. The summed E-state index contributed by atoms with van der Waals surface area (Å²) < 4.78 is 21.6. The molecule has 174 valence electrons. The number of rotatable bonds is 3. The quantitative estimate of drug-likeness (QED) is 0.295. The van der Waals surface area contributed by atoms with Gasteiger partial charge in [0.2, 0.25) is 0 Å². The van der Waals surface area contributed by atoms with Crippen molar-refractivity contribution in [3.8, 4) is 0 Å². The van der Waals surface area contributed by atoms with Crippen molar-refractivity contribution in [3.05, 3.63) is 96.1 Å². The van der Waals surface area contributed by atoms with E-state index in [0.29, 0.717) is 0 Å². The summed E-state index contributed by atoms with van der Waals surface area (Å²) in [5, 5.41) is 4.93. The Balaban J connectivity index is 1.51. The molecule has 0 spiro atoms. The van der Waals surface area contributed by atoms with Gasteiger partial charge in [0.25, 0.3) is 7.59 Å². The Labute approximate surface area is 202 Å². The molecule has 2 aliphatic heterocycles. The molecule has 0 bridgehead atoms. The first kappa shape index (κ1) is 22.0. The van der Waals surface area contributed by atoms with Crippen molar-refractivity contribution in [2.45, 2.75) is 31.3 Å². The van der Waals surface area contributed by atoms with Crippen LogP contribution >= 0.6 is 7.59 Å². The molecule has 0 N–H and O–H groups in total. The van der Waals surface area contributed by atoms with Crippen molar-refractivity contribution in [1.82, 2.24) is 14.0 Å². The van der Waals surface area contributed by atoms with Gasteiger partial charge >= 0.3 is 0 Å². The van der Waals surface area contributed by atoms with Crippen LogP contribution in [0.15, 0.2) is 84.9 Å². The van der Waals surface area contributed by atoms with E-state index < -0.39 is 7.59 Å². The van der Waals surface area contributed by atoms with E-state index in [1.807, 2.05) is 0 Å². The number of likely N-dealkylation sites (N-methyl/N-ethyl adjacent to an activating group) is 2. The average Bonchev–Trinajstić information content (AvgIpc) is 3.10. The molecule has 6 rings (SSSR count). The van der Waals surface area contributed by atoms with Gasteiger partial charge < -0.3 is 0 Å². The highest BCUT2D eigenvalue weighted by atomic mass is 31.2. The highest BCUT2D eigenvalue weighted by Crippen LogP contribution is 2.70. The largest absolute Gasteiger partial charge is 0.287 e. The molecule has 0 unspecified atom stereocenters. The predicted octanol–water partition coefficient (Wildman–Crippen LogP) is 7.25. The van der Waals surface area contributed by atoms with E-state index >= 15 is 0 Å². The minimum Gasteiger partial charge on any atom is -0.270 e. The maximum atomic E-state index is 14.9. The van der Waals surface area contributed by atoms with E-state index in [1.165, 1.54) is 39.1 Å². The lowest BCUT2D eigenvalue weighted by molar-refractivity contribution is 0.298. The van der Waals surface area contributed by atoms with Gasteiger partial charge in [0.05, 0.1) is 12.1 Å². The van der Waals surface area contributed by atoms with Crippen molar-refractivity contribution in [2.75, 3.05) is 27.2 Å². The second-order valence-corrected chi connectivity index (χ2v) is 12.6. The molecule has 0 aromatic heterocycles. The van der Waals surface area contributed by atoms with Crippen molar-refractivity contribution in [1.29, 1.82) is 0 Å². The van der Waals surface area contributed by atoms with Gasteiger partial charge in [0.15, 0.2) is 0 Å². The second kappa shape index (κ2) is 8.62. The van der Waals surface area contributed by atoms with E-state index in [0.717, 1.165) is 25.9 Å². The molecule has 4 aromatic carbocycles. The molecule has 2 atom stereocenters. The van der Waals surface area contributed by atoms with Crippen LogP contribution in [0.4, 0.5) is 0 Å². The lowest BCUT2D eigenvalue weighted by Gasteiger charge is -2.39. The number of hydrogen-bond acceptors (Lipinski definition) is 1. The molecule has 5 heteroatoms. The first-order valence-electron chi connectivity index (χ1n) is 12.4. The lowest BCUT2D eigenvalue weighted by atomic mass is 9.91. The monoisotopic (exact) mass is 469 g/mol. The number of piperidine rings is 1. The van der Waals surface area contributed by atoms with Crippen LogP contribution in [0.2, 0.25) is 0 Å². The fourth-order valence-corrected chi connectivity index (χ4v) is 9.29. The Hall–Kier alpha value is -2.49. The summed E-state index contributed by atoms with van der Waals surface area (Å²) in [6.07, 6.45) is 3.46. The SMILES string of the molecule is CN1[C@H](c2ccc3ccccc3c2)[C@@H](c2ccc3ccccc3c2)N(C)P1(=O)N1CCCCC1. The minimum atomic E-state index is -2.89. The standard InChI is InChI=1S/C29H32N3OP/c1-30-28(26-16-14-22-10-4-6-12-24(22)20-26)29(27-17-15-23-11-5-7-13-25(23)21-27)31(2)34(30,33)32-18-8-3-9-19-32/h4-7,10-17,20-21,28-29H,3,8-9,18-19H2,1-2H3/t28-,29-/m1/s1. The topological polar surface area (TPSA) is 26.8 Å². The average molecular weight is 470 g/mol. The zero-order valence-corrected chi connectivity index (χ0v) is 20.9. The number of benzene rings is 4. The summed E-state index contributed by atoms with van der Waals surface area (Å²) in [6, 6.07) is 30.5.